The largest absolute Gasteiger partial charge is 0.493 e. The van der Waals surface area contributed by atoms with Gasteiger partial charge in [-0.05, 0) is 30.3 Å². The first-order valence-electron chi connectivity index (χ1n) is 7.32. The number of nitrogens with one attached hydrogen (secondary N) is 1. The number of rotatable bonds is 5. The first kappa shape index (κ1) is 17.3. The van der Waals surface area contributed by atoms with E-state index in [0.717, 1.165) is 0 Å². The molecule has 6 heteroatoms. The standard InChI is InChI=1S/C18H20N2O4/c1-20(2)18(22)13-7-5-6-8-14(13)19-17(21)12-9-10-15(23-3)16(11-12)24-4/h5-11H,1-4H3,(H,19,21). The maximum absolute atomic E-state index is 12.5. The van der Waals surface area contributed by atoms with Gasteiger partial charge in [0.15, 0.2) is 11.5 Å². The lowest BCUT2D eigenvalue weighted by molar-refractivity contribution is 0.0828. The third-order valence-corrected chi connectivity index (χ3v) is 3.46. The topological polar surface area (TPSA) is 67.9 Å². The first-order valence-corrected chi connectivity index (χ1v) is 7.32. The molecule has 0 bridgehead atoms. The van der Waals surface area contributed by atoms with E-state index in [-0.39, 0.29) is 11.8 Å². The number of amides is 2. The Labute approximate surface area is 141 Å². The van der Waals surface area contributed by atoms with Gasteiger partial charge in [0, 0.05) is 19.7 Å². The van der Waals surface area contributed by atoms with E-state index in [0.29, 0.717) is 28.3 Å². The van der Waals surface area contributed by atoms with Gasteiger partial charge in [0.25, 0.3) is 11.8 Å². The van der Waals surface area contributed by atoms with Crippen LogP contribution in [0.5, 0.6) is 11.5 Å². The van der Waals surface area contributed by atoms with E-state index < -0.39 is 0 Å². The van der Waals surface area contributed by atoms with E-state index >= 15 is 0 Å². The number of benzene rings is 2. The van der Waals surface area contributed by atoms with E-state index in [1.54, 1.807) is 56.6 Å². The predicted octanol–water partition coefficient (Wildman–Crippen LogP) is 2.66. The molecule has 2 aromatic carbocycles. The molecule has 0 aliphatic heterocycles. The van der Waals surface area contributed by atoms with E-state index in [4.69, 9.17) is 9.47 Å². The monoisotopic (exact) mass is 328 g/mol. The zero-order valence-corrected chi connectivity index (χ0v) is 14.1. The maximum Gasteiger partial charge on any atom is 0.255 e. The number of carbonyl (C=O) groups is 2. The molecule has 0 aliphatic rings. The average molecular weight is 328 g/mol. The van der Waals surface area contributed by atoms with Gasteiger partial charge in [-0.25, -0.2) is 0 Å². The highest BCUT2D eigenvalue weighted by Crippen LogP contribution is 2.28. The molecule has 1 N–H and O–H groups in total. The summed E-state index contributed by atoms with van der Waals surface area (Å²) < 4.78 is 10.4. The highest BCUT2D eigenvalue weighted by molar-refractivity contribution is 6.09. The summed E-state index contributed by atoms with van der Waals surface area (Å²) in [6.07, 6.45) is 0. The second-order valence-electron chi connectivity index (χ2n) is 5.27. The van der Waals surface area contributed by atoms with Crippen molar-refractivity contribution in [3.8, 4) is 11.5 Å². The fraction of sp³-hybridized carbons (Fsp3) is 0.222. The van der Waals surface area contributed by atoms with Crippen molar-refractivity contribution in [2.75, 3.05) is 33.6 Å². The predicted molar refractivity (Wildman–Crippen MR) is 92.0 cm³/mol. The van der Waals surface area contributed by atoms with Crippen LogP contribution in [0.25, 0.3) is 0 Å². The average Bonchev–Trinajstić information content (AvgIpc) is 2.60. The van der Waals surface area contributed by atoms with Crippen LogP contribution in [0.4, 0.5) is 5.69 Å². The molecule has 24 heavy (non-hydrogen) atoms. The molecule has 0 fully saturated rings. The molecule has 0 saturated carbocycles. The zero-order valence-electron chi connectivity index (χ0n) is 14.1. The summed E-state index contributed by atoms with van der Waals surface area (Å²) in [5.74, 6) is 0.480. The number of anilines is 1. The van der Waals surface area contributed by atoms with Crippen LogP contribution in [0, 0.1) is 0 Å². The third-order valence-electron chi connectivity index (χ3n) is 3.46. The molecular weight excluding hydrogens is 308 g/mol. The SMILES string of the molecule is COc1ccc(C(=O)Nc2ccccc2C(=O)N(C)C)cc1OC. The lowest BCUT2D eigenvalue weighted by Crippen LogP contribution is -2.24. The van der Waals surface area contributed by atoms with Crippen LogP contribution in [-0.4, -0.2) is 45.0 Å². The summed E-state index contributed by atoms with van der Waals surface area (Å²) in [5, 5.41) is 2.77. The Kier molecular flexibility index (Phi) is 5.42. The molecule has 0 saturated heterocycles. The van der Waals surface area contributed by atoms with Gasteiger partial charge in [0.2, 0.25) is 0 Å². The number of hydrogen-bond donors (Lipinski definition) is 1. The van der Waals surface area contributed by atoms with Crippen molar-refractivity contribution >= 4 is 17.5 Å². The zero-order chi connectivity index (χ0) is 17.7. The van der Waals surface area contributed by atoms with Gasteiger partial charge in [0.1, 0.15) is 0 Å². The lowest BCUT2D eigenvalue weighted by Gasteiger charge is -2.15. The van der Waals surface area contributed by atoms with Crippen molar-refractivity contribution in [1.82, 2.24) is 4.90 Å². The summed E-state index contributed by atoms with van der Waals surface area (Å²) in [6.45, 7) is 0. The molecule has 0 atom stereocenters. The molecular formula is C18H20N2O4. The van der Waals surface area contributed by atoms with Gasteiger partial charge in [-0.1, -0.05) is 12.1 Å². The Bertz CT molecular complexity index is 756. The van der Waals surface area contributed by atoms with Crippen LogP contribution in [0.2, 0.25) is 0 Å². The molecule has 6 nitrogen and oxygen atoms in total. The van der Waals surface area contributed by atoms with E-state index in [1.165, 1.54) is 19.1 Å². The van der Waals surface area contributed by atoms with Crippen LogP contribution in [-0.2, 0) is 0 Å². The van der Waals surface area contributed by atoms with Gasteiger partial charge in [-0.3, -0.25) is 9.59 Å². The molecule has 2 aromatic rings. The minimum absolute atomic E-state index is 0.182. The fourth-order valence-corrected chi connectivity index (χ4v) is 2.19. The van der Waals surface area contributed by atoms with Crippen molar-refractivity contribution in [1.29, 1.82) is 0 Å². The lowest BCUT2D eigenvalue weighted by atomic mass is 10.1. The number of ether oxygens (including phenoxy) is 2. The first-order chi connectivity index (χ1) is 11.5. The molecule has 0 aromatic heterocycles. The highest BCUT2D eigenvalue weighted by Gasteiger charge is 2.16. The second-order valence-corrected chi connectivity index (χ2v) is 5.27. The maximum atomic E-state index is 12.5. The van der Waals surface area contributed by atoms with Crippen molar-refractivity contribution in [2.24, 2.45) is 0 Å². The molecule has 2 amide bonds. The summed E-state index contributed by atoms with van der Waals surface area (Å²) in [4.78, 5) is 26.2. The molecule has 0 spiro atoms. The number of methoxy groups -OCH3 is 2. The van der Waals surface area contributed by atoms with Gasteiger partial charge in [-0.15, -0.1) is 0 Å². The van der Waals surface area contributed by atoms with E-state index in [1.807, 2.05) is 0 Å². The minimum Gasteiger partial charge on any atom is -0.493 e. The van der Waals surface area contributed by atoms with Crippen molar-refractivity contribution < 1.29 is 19.1 Å². The van der Waals surface area contributed by atoms with E-state index in [9.17, 15) is 9.59 Å². The second kappa shape index (κ2) is 7.50. The Morgan fingerprint density at radius 3 is 2.25 bits per heavy atom. The Morgan fingerprint density at radius 1 is 0.958 bits per heavy atom. The Morgan fingerprint density at radius 2 is 1.62 bits per heavy atom. The summed E-state index contributed by atoms with van der Waals surface area (Å²) in [7, 11) is 6.36. The fourth-order valence-electron chi connectivity index (χ4n) is 2.19. The summed E-state index contributed by atoms with van der Waals surface area (Å²) >= 11 is 0. The summed E-state index contributed by atoms with van der Waals surface area (Å²) in [6, 6.07) is 11.8. The van der Waals surface area contributed by atoms with Crippen LogP contribution in [0.1, 0.15) is 20.7 Å². The number of carbonyl (C=O) groups excluding carboxylic acids is 2. The molecule has 0 aliphatic carbocycles. The Hall–Kier alpha value is -3.02. The quantitative estimate of drug-likeness (QED) is 0.916. The number of para-hydroxylation sites is 1. The normalized spacial score (nSPS) is 10.0. The Balaban J connectivity index is 2.29. The van der Waals surface area contributed by atoms with Crippen molar-refractivity contribution in [3.63, 3.8) is 0 Å². The number of hydrogen-bond acceptors (Lipinski definition) is 4. The smallest absolute Gasteiger partial charge is 0.255 e. The van der Waals surface area contributed by atoms with Crippen LogP contribution in [0.15, 0.2) is 42.5 Å². The molecule has 126 valence electrons. The third kappa shape index (κ3) is 3.65. The van der Waals surface area contributed by atoms with E-state index in [2.05, 4.69) is 5.32 Å². The molecule has 2 rings (SSSR count). The molecule has 0 heterocycles. The van der Waals surface area contributed by atoms with Crippen molar-refractivity contribution in [3.05, 3.63) is 53.6 Å². The van der Waals surface area contributed by atoms with Gasteiger partial charge < -0.3 is 19.7 Å². The van der Waals surface area contributed by atoms with Gasteiger partial charge >= 0.3 is 0 Å². The van der Waals surface area contributed by atoms with Crippen LogP contribution < -0.4 is 14.8 Å². The van der Waals surface area contributed by atoms with Gasteiger partial charge in [-0.2, -0.15) is 0 Å². The van der Waals surface area contributed by atoms with Crippen molar-refractivity contribution in [2.45, 2.75) is 0 Å². The van der Waals surface area contributed by atoms with Crippen LogP contribution >= 0.6 is 0 Å². The van der Waals surface area contributed by atoms with Gasteiger partial charge in [0.05, 0.1) is 25.5 Å². The molecule has 0 unspecified atom stereocenters. The molecule has 0 radical (unpaired) electrons. The highest BCUT2D eigenvalue weighted by atomic mass is 16.5. The summed E-state index contributed by atoms with van der Waals surface area (Å²) in [5.41, 5.74) is 1.28. The minimum atomic E-state index is -0.338. The van der Waals surface area contributed by atoms with Crippen LogP contribution in [0.3, 0.4) is 0 Å². The number of nitrogens with zero attached hydrogens (tertiary/aromatic N) is 1.